The van der Waals surface area contributed by atoms with Crippen LogP contribution in [0, 0.1) is 17.3 Å². The van der Waals surface area contributed by atoms with E-state index in [0.29, 0.717) is 5.41 Å². The average molecular weight is 181 g/mol. The van der Waals surface area contributed by atoms with Gasteiger partial charge in [-0.05, 0) is 43.1 Å². The van der Waals surface area contributed by atoms with Gasteiger partial charge in [0.25, 0.3) is 0 Å². The highest BCUT2D eigenvalue weighted by atomic mass is 15.0. The molecule has 0 amide bonds. The summed E-state index contributed by atoms with van der Waals surface area (Å²) in [5.74, 6) is 1.86. The minimum absolute atomic E-state index is 0.688. The molecule has 0 aromatic rings. The lowest BCUT2D eigenvalue weighted by Gasteiger charge is -2.30. The Kier molecular flexibility index (Phi) is 2.39. The minimum Gasteiger partial charge on any atom is -0.313 e. The number of rotatable bonds is 3. The van der Waals surface area contributed by atoms with Crippen LogP contribution in [-0.4, -0.2) is 12.6 Å². The third-order valence-corrected chi connectivity index (χ3v) is 4.07. The molecule has 76 valence electrons. The Balaban J connectivity index is 1.84. The predicted octanol–water partition coefficient (Wildman–Crippen LogP) is 2.81. The van der Waals surface area contributed by atoms with Gasteiger partial charge in [-0.15, -0.1) is 0 Å². The van der Waals surface area contributed by atoms with Crippen molar-refractivity contribution in [3.8, 4) is 0 Å². The van der Waals surface area contributed by atoms with Gasteiger partial charge in [0.15, 0.2) is 0 Å². The highest BCUT2D eigenvalue weighted by molar-refractivity contribution is 5.08. The summed E-state index contributed by atoms with van der Waals surface area (Å²) in [4.78, 5) is 0. The second-order valence-electron chi connectivity index (χ2n) is 5.69. The van der Waals surface area contributed by atoms with Crippen LogP contribution >= 0.6 is 0 Å². The molecule has 2 aliphatic rings. The van der Waals surface area contributed by atoms with Gasteiger partial charge in [0.2, 0.25) is 0 Å². The van der Waals surface area contributed by atoms with Crippen molar-refractivity contribution in [1.82, 2.24) is 5.32 Å². The molecular formula is C12H23N. The molecule has 0 radical (unpaired) electrons. The predicted molar refractivity (Wildman–Crippen MR) is 56.7 cm³/mol. The first-order valence-corrected chi connectivity index (χ1v) is 5.86. The molecule has 1 nitrogen and oxygen atoms in total. The van der Waals surface area contributed by atoms with E-state index in [1.165, 1.54) is 32.2 Å². The zero-order valence-electron chi connectivity index (χ0n) is 9.27. The maximum absolute atomic E-state index is 3.75. The molecule has 2 fully saturated rings. The summed E-state index contributed by atoms with van der Waals surface area (Å²) in [5.41, 5.74) is 0.688. The topological polar surface area (TPSA) is 12.0 Å². The summed E-state index contributed by atoms with van der Waals surface area (Å²) >= 11 is 0. The molecule has 2 rings (SSSR count). The van der Waals surface area contributed by atoms with E-state index >= 15 is 0 Å². The van der Waals surface area contributed by atoms with Crippen molar-refractivity contribution in [3.05, 3.63) is 0 Å². The van der Waals surface area contributed by atoms with Gasteiger partial charge in [0.05, 0.1) is 0 Å². The molecular weight excluding hydrogens is 158 g/mol. The lowest BCUT2D eigenvalue weighted by molar-refractivity contribution is 0.255. The summed E-state index contributed by atoms with van der Waals surface area (Å²) in [6.07, 6.45) is 5.86. The molecule has 3 atom stereocenters. The standard InChI is InChI=1S/C12H23N/c1-9(2)8-13-11-6-4-5-10-7-12(10,11)3/h9-11,13H,4-8H2,1-3H3. The Morgan fingerprint density at radius 3 is 2.85 bits per heavy atom. The van der Waals surface area contributed by atoms with Crippen molar-refractivity contribution >= 4 is 0 Å². The Bertz CT molecular complexity index is 188. The molecule has 2 aliphatic carbocycles. The van der Waals surface area contributed by atoms with Crippen LogP contribution in [0.2, 0.25) is 0 Å². The van der Waals surface area contributed by atoms with Crippen LogP contribution in [-0.2, 0) is 0 Å². The second kappa shape index (κ2) is 3.27. The van der Waals surface area contributed by atoms with Crippen molar-refractivity contribution in [1.29, 1.82) is 0 Å². The Labute approximate surface area is 82.3 Å². The fourth-order valence-corrected chi connectivity index (χ4v) is 2.94. The summed E-state index contributed by atoms with van der Waals surface area (Å²) in [5, 5.41) is 3.75. The van der Waals surface area contributed by atoms with E-state index in [1.54, 1.807) is 0 Å². The van der Waals surface area contributed by atoms with E-state index in [-0.39, 0.29) is 0 Å². The first kappa shape index (κ1) is 9.51. The molecule has 0 aromatic carbocycles. The normalized spacial score (nSPS) is 43.4. The summed E-state index contributed by atoms with van der Waals surface area (Å²) in [7, 11) is 0. The van der Waals surface area contributed by atoms with Gasteiger partial charge in [-0.1, -0.05) is 27.2 Å². The van der Waals surface area contributed by atoms with E-state index in [0.717, 1.165) is 17.9 Å². The van der Waals surface area contributed by atoms with Crippen molar-refractivity contribution in [2.24, 2.45) is 17.3 Å². The van der Waals surface area contributed by atoms with E-state index < -0.39 is 0 Å². The molecule has 1 heteroatoms. The molecule has 0 bridgehead atoms. The van der Waals surface area contributed by atoms with Crippen LogP contribution in [0.15, 0.2) is 0 Å². The van der Waals surface area contributed by atoms with E-state index in [2.05, 4.69) is 26.1 Å². The molecule has 0 spiro atoms. The van der Waals surface area contributed by atoms with Crippen molar-refractivity contribution in [2.75, 3.05) is 6.54 Å². The van der Waals surface area contributed by atoms with Crippen LogP contribution in [0.5, 0.6) is 0 Å². The molecule has 0 heterocycles. The largest absolute Gasteiger partial charge is 0.313 e. The maximum atomic E-state index is 3.75. The molecule has 1 N–H and O–H groups in total. The van der Waals surface area contributed by atoms with Gasteiger partial charge in [-0.2, -0.15) is 0 Å². The Hall–Kier alpha value is -0.0400. The van der Waals surface area contributed by atoms with Gasteiger partial charge < -0.3 is 5.32 Å². The number of hydrogen-bond donors (Lipinski definition) is 1. The number of hydrogen-bond acceptors (Lipinski definition) is 1. The zero-order chi connectivity index (χ0) is 9.47. The molecule has 0 aliphatic heterocycles. The fraction of sp³-hybridized carbons (Fsp3) is 1.00. The van der Waals surface area contributed by atoms with E-state index in [4.69, 9.17) is 0 Å². The first-order chi connectivity index (χ1) is 6.13. The number of nitrogens with one attached hydrogen (secondary N) is 1. The van der Waals surface area contributed by atoms with E-state index in [9.17, 15) is 0 Å². The highest BCUT2D eigenvalue weighted by Crippen LogP contribution is 2.60. The van der Waals surface area contributed by atoms with E-state index in [1.807, 2.05) is 0 Å². The van der Waals surface area contributed by atoms with Crippen LogP contribution in [0.1, 0.15) is 46.5 Å². The van der Waals surface area contributed by atoms with Crippen LogP contribution in [0.3, 0.4) is 0 Å². The summed E-state index contributed by atoms with van der Waals surface area (Å²) < 4.78 is 0. The summed E-state index contributed by atoms with van der Waals surface area (Å²) in [6, 6.07) is 0.827. The zero-order valence-corrected chi connectivity index (χ0v) is 9.27. The molecule has 13 heavy (non-hydrogen) atoms. The van der Waals surface area contributed by atoms with Gasteiger partial charge in [-0.25, -0.2) is 0 Å². The summed E-state index contributed by atoms with van der Waals surface area (Å²) in [6.45, 7) is 8.27. The molecule has 0 saturated heterocycles. The van der Waals surface area contributed by atoms with Crippen LogP contribution < -0.4 is 5.32 Å². The quantitative estimate of drug-likeness (QED) is 0.706. The monoisotopic (exact) mass is 181 g/mol. The lowest BCUT2D eigenvalue weighted by Crippen LogP contribution is -2.40. The van der Waals surface area contributed by atoms with Gasteiger partial charge in [0.1, 0.15) is 0 Å². The van der Waals surface area contributed by atoms with Gasteiger partial charge in [-0.3, -0.25) is 0 Å². The molecule has 2 saturated carbocycles. The van der Waals surface area contributed by atoms with Gasteiger partial charge >= 0.3 is 0 Å². The fourth-order valence-electron chi connectivity index (χ4n) is 2.94. The average Bonchev–Trinajstić information content (AvgIpc) is 2.72. The van der Waals surface area contributed by atoms with Crippen LogP contribution in [0.25, 0.3) is 0 Å². The SMILES string of the molecule is CC(C)CNC1CCCC2CC21C. The third-order valence-electron chi connectivity index (χ3n) is 4.07. The third kappa shape index (κ3) is 1.76. The van der Waals surface area contributed by atoms with Gasteiger partial charge in [0, 0.05) is 6.04 Å². The maximum Gasteiger partial charge on any atom is 0.0124 e. The smallest absolute Gasteiger partial charge is 0.0124 e. The number of fused-ring (bicyclic) bond motifs is 1. The molecule has 0 aromatic heterocycles. The van der Waals surface area contributed by atoms with Crippen molar-refractivity contribution in [2.45, 2.75) is 52.5 Å². The second-order valence-corrected chi connectivity index (χ2v) is 5.69. The highest BCUT2D eigenvalue weighted by Gasteiger charge is 2.56. The molecule has 3 unspecified atom stereocenters. The minimum atomic E-state index is 0.688. The van der Waals surface area contributed by atoms with Crippen molar-refractivity contribution in [3.63, 3.8) is 0 Å². The Morgan fingerprint density at radius 1 is 1.38 bits per heavy atom. The lowest BCUT2D eigenvalue weighted by atomic mass is 9.85. The van der Waals surface area contributed by atoms with Crippen molar-refractivity contribution < 1.29 is 0 Å². The first-order valence-electron chi connectivity index (χ1n) is 5.86. The van der Waals surface area contributed by atoms with Crippen LogP contribution in [0.4, 0.5) is 0 Å². The Morgan fingerprint density at radius 2 is 2.15 bits per heavy atom.